The molecule has 1 aromatic carbocycles. The maximum Gasteiger partial charge on any atom is 0.144 e. The summed E-state index contributed by atoms with van der Waals surface area (Å²) in [6.45, 7) is -0.196. The number of hydrogen-bond acceptors (Lipinski definition) is 3. The van der Waals surface area contributed by atoms with Crippen molar-refractivity contribution in [3.8, 4) is 5.75 Å². The molecule has 1 aliphatic rings. The lowest BCUT2D eigenvalue weighted by molar-refractivity contribution is 0.0308. The Bertz CT molecular complexity index is 437. The van der Waals surface area contributed by atoms with Gasteiger partial charge in [-0.1, -0.05) is 36.0 Å². The van der Waals surface area contributed by atoms with Crippen LogP contribution < -0.4 is 4.74 Å². The number of rotatable bonds is 3. The van der Waals surface area contributed by atoms with Crippen LogP contribution in [-0.4, -0.2) is 22.4 Å². The van der Waals surface area contributed by atoms with E-state index in [0.29, 0.717) is 21.4 Å². The summed E-state index contributed by atoms with van der Waals surface area (Å²) >= 11 is 12.0. The second-order valence-electron chi connectivity index (χ2n) is 4.90. The number of aliphatic hydroxyl groups excluding tert-OH is 2. The molecule has 0 saturated heterocycles. The predicted octanol–water partition coefficient (Wildman–Crippen LogP) is 3.56. The lowest BCUT2D eigenvalue weighted by Gasteiger charge is -2.24. The van der Waals surface area contributed by atoms with Crippen molar-refractivity contribution in [2.75, 3.05) is 0 Å². The maximum absolute atomic E-state index is 10.1. The first-order valence-electron chi connectivity index (χ1n) is 6.55. The molecule has 0 radical (unpaired) electrons. The lowest BCUT2D eigenvalue weighted by Crippen LogP contribution is -2.30. The zero-order valence-corrected chi connectivity index (χ0v) is 12.1. The second kappa shape index (κ2) is 6.80. The van der Waals surface area contributed by atoms with Gasteiger partial charge in [-0.05, 0) is 31.4 Å². The van der Waals surface area contributed by atoms with E-state index in [0.717, 1.165) is 32.1 Å². The van der Waals surface area contributed by atoms with Gasteiger partial charge < -0.3 is 14.9 Å². The lowest BCUT2D eigenvalue weighted by atomic mass is 10.1. The van der Waals surface area contributed by atoms with E-state index in [1.807, 2.05) is 0 Å². The Balaban J connectivity index is 2.21. The summed E-state index contributed by atoms with van der Waals surface area (Å²) in [5, 5.41) is 20.3. The number of halogens is 2. The highest BCUT2D eigenvalue weighted by Crippen LogP contribution is 2.35. The van der Waals surface area contributed by atoms with Crippen molar-refractivity contribution < 1.29 is 14.9 Å². The van der Waals surface area contributed by atoms with Gasteiger partial charge in [-0.3, -0.25) is 0 Å². The molecule has 1 aromatic rings. The minimum atomic E-state index is -0.485. The molecular formula is C14H18Cl2O3. The van der Waals surface area contributed by atoms with Gasteiger partial charge >= 0.3 is 0 Å². The number of hydrogen-bond donors (Lipinski definition) is 2. The Morgan fingerprint density at radius 2 is 1.89 bits per heavy atom. The fourth-order valence-electron chi connectivity index (χ4n) is 2.41. The second-order valence-corrected chi connectivity index (χ2v) is 5.74. The van der Waals surface area contributed by atoms with Gasteiger partial charge in [0.15, 0.2) is 0 Å². The Morgan fingerprint density at radius 1 is 1.16 bits per heavy atom. The standard InChI is InChI=1S/C14H18Cl2O3/c15-10-6-9(8-17)14(11(16)7-10)19-13-5-3-1-2-4-12(13)18/h6-7,12-13,17-18H,1-5,8H2. The van der Waals surface area contributed by atoms with Crippen molar-refractivity contribution in [2.24, 2.45) is 0 Å². The molecule has 19 heavy (non-hydrogen) atoms. The summed E-state index contributed by atoms with van der Waals surface area (Å²) in [4.78, 5) is 0. The number of benzene rings is 1. The van der Waals surface area contributed by atoms with E-state index in [2.05, 4.69) is 0 Å². The van der Waals surface area contributed by atoms with Gasteiger partial charge in [-0.25, -0.2) is 0 Å². The van der Waals surface area contributed by atoms with Gasteiger partial charge in [-0.2, -0.15) is 0 Å². The van der Waals surface area contributed by atoms with Crippen LogP contribution in [0.1, 0.15) is 37.7 Å². The molecule has 2 N–H and O–H groups in total. The molecule has 3 nitrogen and oxygen atoms in total. The van der Waals surface area contributed by atoms with E-state index in [9.17, 15) is 10.2 Å². The van der Waals surface area contributed by atoms with Crippen molar-refractivity contribution in [3.05, 3.63) is 27.7 Å². The van der Waals surface area contributed by atoms with Gasteiger partial charge in [0, 0.05) is 10.6 Å². The van der Waals surface area contributed by atoms with Gasteiger partial charge in [-0.15, -0.1) is 0 Å². The number of ether oxygens (including phenoxy) is 1. The van der Waals surface area contributed by atoms with Crippen molar-refractivity contribution in [1.29, 1.82) is 0 Å². The van der Waals surface area contributed by atoms with Crippen molar-refractivity contribution in [2.45, 2.75) is 50.9 Å². The van der Waals surface area contributed by atoms with Crippen LogP contribution in [0.15, 0.2) is 12.1 Å². The van der Waals surface area contributed by atoms with Gasteiger partial charge in [0.1, 0.15) is 11.9 Å². The van der Waals surface area contributed by atoms with E-state index in [1.165, 1.54) is 0 Å². The highest BCUT2D eigenvalue weighted by atomic mass is 35.5. The van der Waals surface area contributed by atoms with Crippen LogP contribution in [0.2, 0.25) is 10.0 Å². The molecule has 0 heterocycles. The van der Waals surface area contributed by atoms with E-state index in [1.54, 1.807) is 12.1 Å². The largest absolute Gasteiger partial charge is 0.486 e. The third-order valence-electron chi connectivity index (χ3n) is 3.44. The summed E-state index contributed by atoms with van der Waals surface area (Å²) < 4.78 is 5.85. The average Bonchev–Trinajstić information content (AvgIpc) is 2.57. The molecule has 0 aliphatic heterocycles. The van der Waals surface area contributed by atoms with E-state index >= 15 is 0 Å². The van der Waals surface area contributed by atoms with Crippen LogP contribution in [-0.2, 0) is 6.61 Å². The van der Waals surface area contributed by atoms with Crippen LogP contribution in [0.5, 0.6) is 5.75 Å². The fourth-order valence-corrected chi connectivity index (χ4v) is 2.99. The van der Waals surface area contributed by atoms with Crippen LogP contribution in [0, 0.1) is 0 Å². The van der Waals surface area contributed by atoms with Crippen LogP contribution in [0.3, 0.4) is 0 Å². The van der Waals surface area contributed by atoms with Crippen LogP contribution in [0.4, 0.5) is 0 Å². The predicted molar refractivity (Wildman–Crippen MR) is 75.9 cm³/mol. The first-order valence-corrected chi connectivity index (χ1v) is 7.31. The van der Waals surface area contributed by atoms with Gasteiger partial charge in [0.2, 0.25) is 0 Å². The molecule has 2 rings (SSSR count). The molecule has 2 unspecified atom stereocenters. The monoisotopic (exact) mass is 304 g/mol. The maximum atomic E-state index is 10.1. The molecule has 2 atom stereocenters. The molecule has 0 aromatic heterocycles. The van der Waals surface area contributed by atoms with Crippen molar-refractivity contribution in [1.82, 2.24) is 0 Å². The minimum absolute atomic E-state index is 0.196. The fraction of sp³-hybridized carbons (Fsp3) is 0.571. The van der Waals surface area contributed by atoms with E-state index < -0.39 is 6.10 Å². The zero-order chi connectivity index (χ0) is 13.8. The Kier molecular flexibility index (Phi) is 5.34. The minimum Gasteiger partial charge on any atom is -0.486 e. The molecule has 106 valence electrons. The molecular weight excluding hydrogens is 287 g/mol. The number of aliphatic hydroxyl groups is 2. The summed E-state index contributed by atoms with van der Waals surface area (Å²) in [5.74, 6) is 0.430. The Labute approximate surface area is 123 Å². The SMILES string of the molecule is OCc1cc(Cl)cc(Cl)c1OC1CCCCCC1O. The zero-order valence-electron chi connectivity index (χ0n) is 10.6. The molecule has 1 saturated carbocycles. The summed E-state index contributed by atoms with van der Waals surface area (Å²) in [7, 11) is 0. The smallest absolute Gasteiger partial charge is 0.144 e. The topological polar surface area (TPSA) is 49.7 Å². The Hall–Kier alpha value is -0.480. The third kappa shape index (κ3) is 3.76. The quantitative estimate of drug-likeness (QED) is 0.840. The molecule has 0 bridgehead atoms. The molecule has 5 heteroatoms. The molecule has 1 fully saturated rings. The Morgan fingerprint density at radius 3 is 2.63 bits per heavy atom. The first kappa shape index (κ1) is 14.9. The first-order chi connectivity index (χ1) is 9.11. The van der Waals surface area contributed by atoms with Gasteiger partial charge in [0.05, 0.1) is 17.7 Å². The molecule has 1 aliphatic carbocycles. The van der Waals surface area contributed by atoms with Gasteiger partial charge in [0.25, 0.3) is 0 Å². The normalized spacial score (nSPS) is 24.0. The average molecular weight is 305 g/mol. The molecule has 0 spiro atoms. The van der Waals surface area contributed by atoms with Crippen molar-refractivity contribution >= 4 is 23.2 Å². The van der Waals surface area contributed by atoms with E-state index in [-0.39, 0.29) is 12.7 Å². The van der Waals surface area contributed by atoms with Crippen LogP contribution >= 0.6 is 23.2 Å². The van der Waals surface area contributed by atoms with Crippen molar-refractivity contribution in [3.63, 3.8) is 0 Å². The van der Waals surface area contributed by atoms with E-state index in [4.69, 9.17) is 27.9 Å². The van der Waals surface area contributed by atoms with Crippen LogP contribution in [0.25, 0.3) is 0 Å². The third-order valence-corrected chi connectivity index (χ3v) is 3.94. The molecule has 0 amide bonds. The highest BCUT2D eigenvalue weighted by Gasteiger charge is 2.25. The highest BCUT2D eigenvalue weighted by molar-refractivity contribution is 6.35. The summed E-state index contributed by atoms with van der Waals surface area (Å²) in [6.07, 6.45) is 3.93. The summed E-state index contributed by atoms with van der Waals surface area (Å²) in [5.41, 5.74) is 0.550. The summed E-state index contributed by atoms with van der Waals surface area (Å²) in [6, 6.07) is 3.21.